The number of nitrogens with zero attached hydrogens (tertiary/aromatic N) is 2. The van der Waals surface area contributed by atoms with Crippen LogP contribution < -0.4 is 4.90 Å². The van der Waals surface area contributed by atoms with Gasteiger partial charge in [0.1, 0.15) is 0 Å². The number of aromatic nitrogens is 1. The highest BCUT2D eigenvalue weighted by molar-refractivity contribution is 6.19. The molecule has 0 radical (unpaired) electrons. The van der Waals surface area contributed by atoms with Crippen LogP contribution in [0.1, 0.15) is 21.5 Å². The zero-order valence-corrected chi connectivity index (χ0v) is 21.3. The first-order valence-electron chi connectivity index (χ1n) is 12.6. The first kappa shape index (κ1) is 23.4. The number of imide groups is 1. The topological polar surface area (TPSA) is 42.3 Å². The Kier molecular flexibility index (Phi) is 5.85. The molecule has 1 aromatic heterocycles. The number of rotatable bonds is 5. The molecule has 0 saturated carbocycles. The van der Waals surface area contributed by atoms with Gasteiger partial charge in [0.25, 0.3) is 5.91 Å². The third kappa shape index (κ3) is 3.78. The number of aryl methyl sites for hydroxylation is 2. The fourth-order valence-electron chi connectivity index (χ4n) is 5.35. The van der Waals surface area contributed by atoms with Gasteiger partial charge in [0, 0.05) is 10.8 Å². The Morgan fingerprint density at radius 3 is 2.05 bits per heavy atom. The largest absolute Gasteiger partial charge is 0.308 e. The fraction of sp³-hybridized carbons (Fsp3) is 0.0588. The smallest absolute Gasteiger partial charge is 0.267 e. The molecule has 2 amide bonds. The van der Waals surface area contributed by atoms with Gasteiger partial charge in [0.05, 0.1) is 28.0 Å². The van der Waals surface area contributed by atoms with Crippen molar-refractivity contribution in [2.24, 2.45) is 0 Å². The summed E-state index contributed by atoms with van der Waals surface area (Å²) in [6, 6.07) is 37.8. The van der Waals surface area contributed by atoms with Crippen molar-refractivity contribution in [3.8, 4) is 16.8 Å². The number of para-hydroxylation sites is 2. The maximum absolute atomic E-state index is 14.1. The standard InChI is InChI=1S/C34H26N2O2/c1-23-10-9-17-31(36-30-16-7-6-14-28(30)29-15-8-11-24(2)33(29)36)32(23)34(38)35(22-37)27-20-18-26(19-21-27)25-12-4-3-5-13-25/h3-22H,1-2H3. The van der Waals surface area contributed by atoms with Crippen molar-refractivity contribution >= 4 is 39.8 Å². The van der Waals surface area contributed by atoms with Crippen LogP contribution in [0, 0.1) is 13.8 Å². The molecule has 4 heteroatoms. The van der Waals surface area contributed by atoms with Crippen molar-refractivity contribution in [3.05, 3.63) is 132 Å². The van der Waals surface area contributed by atoms with Crippen LogP contribution in [0.25, 0.3) is 38.6 Å². The van der Waals surface area contributed by atoms with Crippen LogP contribution >= 0.6 is 0 Å². The average Bonchev–Trinajstić information content (AvgIpc) is 3.30. The van der Waals surface area contributed by atoms with Gasteiger partial charge in [-0.15, -0.1) is 0 Å². The summed E-state index contributed by atoms with van der Waals surface area (Å²) in [5.41, 5.74) is 7.86. The minimum Gasteiger partial charge on any atom is -0.308 e. The van der Waals surface area contributed by atoms with E-state index in [9.17, 15) is 9.59 Å². The maximum Gasteiger partial charge on any atom is 0.267 e. The Morgan fingerprint density at radius 1 is 0.658 bits per heavy atom. The van der Waals surface area contributed by atoms with Crippen molar-refractivity contribution in [3.63, 3.8) is 0 Å². The van der Waals surface area contributed by atoms with Crippen molar-refractivity contribution in [1.29, 1.82) is 0 Å². The Balaban J connectivity index is 1.51. The lowest BCUT2D eigenvalue weighted by Gasteiger charge is -2.21. The summed E-state index contributed by atoms with van der Waals surface area (Å²) in [5.74, 6) is -0.361. The molecule has 0 bridgehead atoms. The SMILES string of the molecule is Cc1cccc(-n2c3ccccc3c3cccc(C)c32)c1C(=O)N(C=O)c1ccc(-c2ccccc2)cc1. The summed E-state index contributed by atoms with van der Waals surface area (Å²) in [5, 5.41) is 2.25. The normalized spacial score (nSPS) is 11.1. The maximum atomic E-state index is 14.1. The highest BCUT2D eigenvalue weighted by Gasteiger charge is 2.25. The van der Waals surface area contributed by atoms with Crippen LogP contribution in [0.4, 0.5) is 5.69 Å². The van der Waals surface area contributed by atoms with E-state index in [1.807, 2.05) is 91.9 Å². The molecule has 0 spiro atoms. The molecule has 0 aliphatic carbocycles. The monoisotopic (exact) mass is 494 g/mol. The first-order valence-corrected chi connectivity index (χ1v) is 12.6. The van der Waals surface area contributed by atoms with Crippen LogP contribution in [0.2, 0.25) is 0 Å². The number of carbonyl (C=O) groups excluding carboxylic acids is 2. The molecule has 0 atom stereocenters. The van der Waals surface area contributed by atoms with Crippen molar-refractivity contribution < 1.29 is 9.59 Å². The molecule has 6 aromatic rings. The van der Waals surface area contributed by atoms with Crippen LogP contribution in [0.5, 0.6) is 0 Å². The molecule has 6 rings (SSSR count). The van der Waals surface area contributed by atoms with E-state index in [0.29, 0.717) is 17.7 Å². The van der Waals surface area contributed by atoms with E-state index in [1.165, 1.54) is 4.90 Å². The fourth-order valence-corrected chi connectivity index (χ4v) is 5.35. The number of anilines is 1. The number of amides is 2. The quantitative estimate of drug-likeness (QED) is 0.229. The number of carbonyl (C=O) groups is 2. The summed E-state index contributed by atoms with van der Waals surface area (Å²) < 4.78 is 2.15. The predicted molar refractivity (Wildman–Crippen MR) is 155 cm³/mol. The van der Waals surface area contributed by atoms with Gasteiger partial charge in [-0.1, -0.05) is 91.0 Å². The molecule has 0 N–H and O–H groups in total. The summed E-state index contributed by atoms with van der Waals surface area (Å²) in [7, 11) is 0. The van der Waals surface area contributed by atoms with Crippen molar-refractivity contribution in [2.75, 3.05) is 4.90 Å². The van der Waals surface area contributed by atoms with Crippen molar-refractivity contribution in [2.45, 2.75) is 13.8 Å². The summed E-state index contributed by atoms with van der Waals surface area (Å²) >= 11 is 0. The lowest BCUT2D eigenvalue weighted by atomic mass is 10.0. The highest BCUT2D eigenvalue weighted by atomic mass is 16.2. The van der Waals surface area contributed by atoms with E-state index in [0.717, 1.165) is 49.7 Å². The van der Waals surface area contributed by atoms with Crippen LogP contribution in [0.15, 0.2) is 115 Å². The summed E-state index contributed by atoms with van der Waals surface area (Å²) in [4.78, 5) is 27.7. The first-order chi connectivity index (χ1) is 18.6. The van der Waals surface area contributed by atoms with Crippen LogP contribution in [-0.2, 0) is 4.79 Å². The van der Waals surface area contributed by atoms with Gasteiger partial charge in [-0.3, -0.25) is 9.59 Å². The second-order valence-electron chi connectivity index (χ2n) is 9.49. The molecule has 0 fully saturated rings. The zero-order chi connectivity index (χ0) is 26.2. The van der Waals surface area contributed by atoms with E-state index in [4.69, 9.17) is 0 Å². The lowest BCUT2D eigenvalue weighted by Crippen LogP contribution is -2.31. The molecular weight excluding hydrogens is 468 g/mol. The number of benzene rings is 5. The van der Waals surface area contributed by atoms with Gasteiger partial charge < -0.3 is 4.57 Å². The summed E-state index contributed by atoms with van der Waals surface area (Å²) in [6.45, 7) is 4.00. The molecule has 38 heavy (non-hydrogen) atoms. The van der Waals surface area contributed by atoms with Gasteiger partial charge in [-0.05, 0) is 60.4 Å². The Bertz CT molecular complexity index is 1820. The minimum absolute atomic E-state index is 0.361. The Labute approximate surface area is 221 Å². The summed E-state index contributed by atoms with van der Waals surface area (Å²) in [6.07, 6.45) is 0.604. The molecule has 4 nitrogen and oxygen atoms in total. The van der Waals surface area contributed by atoms with Crippen molar-refractivity contribution in [1.82, 2.24) is 4.57 Å². The number of fused-ring (bicyclic) bond motifs is 3. The third-order valence-electron chi connectivity index (χ3n) is 7.18. The van der Waals surface area contributed by atoms with E-state index in [-0.39, 0.29) is 5.91 Å². The lowest BCUT2D eigenvalue weighted by molar-refractivity contribution is -0.106. The van der Waals surface area contributed by atoms with E-state index in [2.05, 4.69) is 41.8 Å². The Hall–Kier alpha value is -4.96. The third-order valence-corrected chi connectivity index (χ3v) is 7.18. The molecule has 0 saturated heterocycles. The van der Waals surface area contributed by atoms with E-state index >= 15 is 0 Å². The molecule has 0 aliphatic heterocycles. The molecular formula is C34H26N2O2. The second-order valence-corrected chi connectivity index (χ2v) is 9.49. The van der Waals surface area contributed by atoms with E-state index < -0.39 is 0 Å². The van der Waals surface area contributed by atoms with Gasteiger partial charge >= 0.3 is 0 Å². The van der Waals surface area contributed by atoms with Gasteiger partial charge in [-0.2, -0.15) is 0 Å². The predicted octanol–water partition coefficient (Wildman–Crippen LogP) is 7.87. The van der Waals surface area contributed by atoms with Crippen LogP contribution in [-0.4, -0.2) is 16.9 Å². The minimum atomic E-state index is -0.361. The molecule has 1 heterocycles. The number of hydrogen-bond acceptors (Lipinski definition) is 2. The number of hydrogen-bond donors (Lipinski definition) is 0. The Morgan fingerprint density at radius 2 is 1.29 bits per heavy atom. The highest BCUT2D eigenvalue weighted by Crippen LogP contribution is 2.36. The van der Waals surface area contributed by atoms with Gasteiger partial charge in [0.2, 0.25) is 6.41 Å². The zero-order valence-electron chi connectivity index (χ0n) is 21.3. The second kappa shape index (κ2) is 9.49. The molecule has 0 unspecified atom stereocenters. The van der Waals surface area contributed by atoms with Gasteiger partial charge in [-0.25, -0.2) is 4.90 Å². The average molecular weight is 495 g/mol. The molecule has 184 valence electrons. The molecule has 0 aliphatic rings. The molecule has 5 aromatic carbocycles. The van der Waals surface area contributed by atoms with Crippen LogP contribution in [0.3, 0.4) is 0 Å². The van der Waals surface area contributed by atoms with Gasteiger partial charge in [0.15, 0.2) is 0 Å². The van der Waals surface area contributed by atoms with E-state index in [1.54, 1.807) is 0 Å².